The van der Waals surface area contributed by atoms with E-state index in [2.05, 4.69) is 6.92 Å². The molecule has 0 aliphatic heterocycles. The molecule has 0 aromatic rings. The van der Waals surface area contributed by atoms with Crippen LogP contribution in [0.5, 0.6) is 0 Å². The Morgan fingerprint density at radius 2 is 2.10 bits per heavy atom. The molecule has 0 spiro atoms. The zero-order valence-corrected chi connectivity index (χ0v) is 6.68. The summed E-state index contributed by atoms with van der Waals surface area (Å²) in [5, 5.41) is 0. The number of amides is 1. The number of carbonyl (C=O) groups is 1. The van der Waals surface area contributed by atoms with Crippen LogP contribution < -0.4 is 5.73 Å². The van der Waals surface area contributed by atoms with E-state index in [0.717, 1.165) is 24.8 Å². The lowest BCUT2D eigenvalue weighted by Crippen LogP contribution is -2.13. The van der Waals surface area contributed by atoms with Crippen molar-refractivity contribution in [3.63, 3.8) is 0 Å². The molecule has 0 fully saturated rings. The van der Waals surface area contributed by atoms with Crippen molar-refractivity contribution in [2.24, 2.45) is 5.73 Å². The Morgan fingerprint density at radius 3 is 2.40 bits per heavy atom. The summed E-state index contributed by atoms with van der Waals surface area (Å²) in [6.07, 6.45) is 4.68. The SMILES string of the molecule is CCC/C=C(\CC)C(N)=O. The van der Waals surface area contributed by atoms with E-state index in [1.807, 2.05) is 13.0 Å². The van der Waals surface area contributed by atoms with E-state index < -0.39 is 0 Å². The first-order valence-electron chi connectivity index (χ1n) is 3.71. The summed E-state index contributed by atoms with van der Waals surface area (Å²) in [5.74, 6) is -0.282. The van der Waals surface area contributed by atoms with E-state index in [4.69, 9.17) is 5.73 Å². The van der Waals surface area contributed by atoms with Gasteiger partial charge in [-0.2, -0.15) is 0 Å². The molecular weight excluding hydrogens is 126 g/mol. The molecule has 58 valence electrons. The molecule has 0 atom stereocenters. The normalized spacial score (nSPS) is 11.6. The van der Waals surface area contributed by atoms with Crippen molar-refractivity contribution < 1.29 is 4.79 Å². The van der Waals surface area contributed by atoms with Gasteiger partial charge in [0.15, 0.2) is 0 Å². The molecule has 0 aromatic carbocycles. The van der Waals surface area contributed by atoms with Crippen LogP contribution in [-0.2, 0) is 4.79 Å². The second-order valence-electron chi connectivity index (χ2n) is 2.24. The molecule has 0 aromatic heterocycles. The third kappa shape index (κ3) is 3.28. The second kappa shape index (κ2) is 5.03. The van der Waals surface area contributed by atoms with Crippen LogP contribution >= 0.6 is 0 Å². The van der Waals surface area contributed by atoms with E-state index in [9.17, 15) is 4.79 Å². The Hall–Kier alpha value is -0.790. The molecule has 0 bridgehead atoms. The molecule has 10 heavy (non-hydrogen) atoms. The van der Waals surface area contributed by atoms with Crippen molar-refractivity contribution in [3.8, 4) is 0 Å². The van der Waals surface area contributed by atoms with Gasteiger partial charge in [-0.1, -0.05) is 26.3 Å². The summed E-state index contributed by atoms with van der Waals surface area (Å²) in [4.78, 5) is 10.6. The fourth-order valence-electron chi connectivity index (χ4n) is 0.738. The zero-order valence-electron chi connectivity index (χ0n) is 6.68. The van der Waals surface area contributed by atoms with Gasteiger partial charge in [0.1, 0.15) is 0 Å². The predicted molar refractivity (Wildman–Crippen MR) is 42.5 cm³/mol. The van der Waals surface area contributed by atoms with Gasteiger partial charge in [-0.25, -0.2) is 0 Å². The molecule has 0 saturated carbocycles. The van der Waals surface area contributed by atoms with Crippen molar-refractivity contribution in [3.05, 3.63) is 11.6 Å². The third-order valence-electron chi connectivity index (χ3n) is 1.38. The van der Waals surface area contributed by atoms with Crippen molar-refractivity contribution in [2.45, 2.75) is 33.1 Å². The van der Waals surface area contributed by atoms with Crippen molar-refractivity contribution >= 4 is 5.91 Å². The van der Waals surface area contributed by atoms with E-state index >= 15 is 0 Å². The van der Waals surface area contributed by atoms with E-state index in [1.165, 1.54) is 0 Å². The van der Waals surface area contributed by atoms with Crippen molar-refractivity contribution in [1.82, 2.24) is 0 Å². The lowest BCUT2D eigenvalue weighted by molar-refractivity contribution is -0.114. The van der Waals surface area contributed by atoms with Crippen molar-refractivity contribution in [1.29, 1.82) is 0 Å². The van der Waals surface area contributed by atoms with Gasteiger partial charge in [-0.05, 0) is 12.8 Å². The summed E-state index contributed by atoms with van der Waals surface area (Å²) in [5.41, 5.74) is 5.83. The summed E-state index contributed by atoms with van der Waals surface area (Å²) >= 11 is 0. The number of primary amides is 1. The number of allylic oxidation sites excluding steroid dienone is 1. The fraction of sp³-hybridized carbons (Fsp3) is 0.625. The molecule has 2 nitrogen and oxygen atoms in total. The lowest BCUT2D eigenvalue weighted by Gasteiger charge is -1.96. The lowest BCUT2D eigenvalue weighted by atomic mass is 10.1. The van der Waals surface area contributed by atoms with Gasteiger partial charge in [-0.3, -0.25) is 4.79 Å². The molecule has 0 rings (SSSR count). The highest BCUT2D eigenvalue weighted by atomic mass is 16.1. The van der Waals surface area contributed by atoms with Gasteiger partial charge < -0.3 is 5.73 Å². The number of unbranched alkanes of at least 4 members (excludes halogenated alkanes) is 1. The highest BCUT2D eigenvalue weighted by Crippen LogP contribution is 2.01. The van der Waals surface area contributed by atoms with E-state index in [0.29, 0.717) is 0 Å². The minimum atomic E-state index is -0.282. The van der Waals surface area contributed by atoms with E-state index in [-0.39, 0.29) is 5.91 Å². The molecule has 1 amide bonds. The molecule has 0 saturated heterocycles. The maximum Gasteiger partial charge on any atom is 0.244 e. The van der Waals surface area contributed by atoms with Crippen LogP contribution in [0.15, 0.2) is 11.6 Å². The molecule has 0 aliphatic rings. The first-order chi connectivity index (χ1) is 4.72. The monoisotopic (exact) mass is 141 g/mol. The Balaban J connectivity index is 3.91. The largest absolute Gasteiger partial charge is 0.366 e. The van der Waals surface area contributed by atoms with Crippen LogP contribution in [0.3, 0.4) is 0 Å². The molecule has 2 heteroatoms. The molecule has 0 unspecified atom stereocenters. The minimum absolute atomic E-state index is 0.282. The Morgan fingerprint density at radius 1 is 1.50 bits per heavy atom. The summed E-state index contributed by atoms with van der Waals surface area (Å²) < 4.78 is 0. The van der Waals surface area contributed by atoms with Gasteiger partial charge in [0.05, 0.1) is 0 Å². The molecular formula is C8H15NO. The van der Waals surface area contributed by atoms with Crippen LogP contribution in [0.2, 0.25) is 0 Å². The summed E-state index contributed by atoms with van der Waals surface area (Å²) in [6, 6.07) is 0. The highest BCUT2D eigenvalue weighted by molar-refractivity contribution is 5.91. The van der Waals surface area contributed by atoms with E-state index in [1.54, 1.807) is 0 Å². The van der Waals surface area contributed by atoms with Gasteiger partial charge >= 0.3 is 0 Å². The van der Waals surface area contributed by atoms with Crippen LogP contribution in [0.25, 0.3) is 0 Å². The van der Waals surface area contributed by atoms with Crippen LogP contribution in [-0.4, -0.2) is 5.91 Å². The Bertz CT molecular complexity index is 138. The average Bonchev–Trinajstić information content (AvgIpc) is 1.89. The van der Waals surface area contributed by atoms with Gasteiger partial charge in [0, 0.05) is 5.57 Å². The fourth-order valence-corrected chi connectivity index (χ4v) is 0.738. The topological polar surface area (TPSA) is 43.1 Å². The van der Waals surface area contributed by atoms with Crippen LogP contribution in [0, 0.1) is 0 Å². The number of rotatable bonds is 4. The number of nitrogens with two attached hydrogens (primary N) is 1. The number of carbonyl (C=O) groups excluding carboxylic acids is 1. The smallest absolute Gasteiger partial charge is 0.244 e. The Kier molecular flexibility index (Phi) is 4.63. The number of hydrogen-bond donors (Lipinski definition) is 1. The molecule has 2 N–H and O–H groups in total. The maximum absolute atomic E-state index is 10.6. The Labute approximate surface area is 62.1 Å². The van der Waals surface area contributed by atoms with Gasteiger partial charge in [0.2, 0.25) is 5.91 Å². The molecule has 0 radical (unpaired) electrons. The summed E-state index contributed by atoms with van der Waals surface area (Å²) in [7, 11) is 0. The maximum atomic E-state index is 10.6. The number of hydrogen-bond acceptors (Lipinski definition) is 1. The minimum Gasteiger partial charge on any atom is -0.366 e. The molecule has 0 heterocycles. The second-order valence-corrected chi connectivity index (χ2v) is 2.24. The third-order valence-corrected chi connectivity index (χ3v) is 1.38. The molecule has 0 aliphatic carbocycles. The predicted octanol–water partition coefficient (Wildman–Crippen LogP) is 1.61. The summed E-state index contributed by atoms with van der Waals surface area (Å²) in [6.45, 7) is 4.01. The zero-order chi connectivity index (χ0) is 7.98. The standard InChI is InChI=1S/C8H15NO/c1-3-5-6-7(4-2)8(9)10/h6H,3-5H2,1-2H3,(H2,9,10)/b7-6+. The first kappa shape index (κ1) is 9.21. The van der Waals surface area contributed by atoms with Crippen LogP contribution in [0.4, 0.5) is 0 Å². The quantitative estimate of drug-likeness (QED) is 0.594. The van der Waals surface area contributed by atoms with Crippen molar-refractivity contribution in [2.75, 3.05) is 0 Å². The average molecular weight is 141 g/mol. The van der Waals surface area contributed by atoms with Crippen LogP contribution in [0.1, 0.15) is 33.1 Å². The van der Waals surface area contributed by atoms with Gasteiger partial charge in [0.25, 0.3) is 0 Å². The highest BCUT2D eigenvalue weighted by Gasteiger charge is 1.98. The first-order valence-corrected chi connectivity index (χ1v) is 3.71. The van der Waals surface area contributed by atoms with Gasteiger partial charge in [-0.15, -0.1) is 0 Å².